The van der Waals surface area contributed by atoms with E-state index in [1.807, 2.05) is 0 Å². The molecule has 0 saturated carbocycles. The number of carbonyl (C=O) groups is 6. The summed E-state index contributed by atoms with van der Waals surface area (Å²) in [6, 6.07) is -5.02. The third kappa shape index (κ3) is 8.34. The molecule has 14 heteroatoms. The van der Waals surface area contributed by atoms with Gasteiger partial charge in [-0.2, -0.15) is 11.8 Å². The fourth-order valence-electron chi connectivity index (χ4n) is 3.24. The van der Waals surface area contributed by atoms with Gasteiger partial charge in [0.1, 0.15) is 18.1 Å². The maximum absolute atomic E-state index is 12.8. The van der Waals surface area contributed by atoms with Crippen molar-refractivity contribution in [3.05, 3.63) is 0 Å². The summed E-state index contributed by atoms with van der Waals surface area (Å²) in [6.45, 7) is 0.173. The number of aliphatic carboxylic acids is 2. The summed E-state index contributed by atoms with van der Waals surface area (Å²) in [4.78, 5) is 72.5. The monoisotopic (exact) mass is 475 g/mol. The average Bonchev–Trinajstić information content (AvgIpc) is 3.18. The zero-order valence-electron chi connectivity index (χ0n) is 17.6. The van der Waals surface area contributed by atoms with Crippen molar-refractivity contribution in [3.63, 3.8) is 0 Å². The van der Waals surface area contributed by atoms with Crippen LogP contribution in [0.25, 0.3) is 0 Å². The molecule has 1 aliphatic rings. The molecular weight excluding hydrogens is 446 g/mol. The Hall–Kier alpha value is -2.87. The first-order valence-corrected chi connectivity index (χ1v) is 11.3. The van der Waals surface area contributed by atoms with E-state index >= 15 is 0 Å². The van der Waals surface area contributed by atoms with Gasteiger partial charge < -0.3 is 37.2 Å². The summed E-state index contributed by atoms with van der Waals surface area (Å²) < 4.78 is 0. The van der Waals surface area contributed by atoms with Crippen molar-refractivity contribution < 1.29 is 39.0 Å². The van der Waals surface area contributed by atoms with Crippen LogP contribution in [0, 0.1) is 0 Å². The molecule has 4 unspecified atom stereocenters. The van der Waals surface area contributed by atoms with Crippen LogP contribution in [-0.2, 0) is 28.8 Å². The Morgan fingerprint density at radius 1 is 1.09 bits per heavy atom. The molecule has 0 aromatic rings. The molecule has 1 fully saturated rings. The standard InChI is InChI=1S/C18H29N5O8S/c1-32-6-4-10(18(30)31)21-15(27)11(8-13(20)24)22-16(28)12-3-2-5-23(12)17(29)9(19)7-14(25)26/h9-12H,2-8,19H2,1H3,(H2,20,24)(H,21,27)(H,22,28)(H,25,26)(H,30,31). The van der Waals surface area contributed by atoms with Crippen molar-refractivity contribution in [1.82, 2.24) is 15.5 Å². The largest absolute Gasteiger partial charge is 0.481 e. The van der Waals surface area contributed by atoms with E-state index in [9.17, 15) is 33.9 Å². The number of nitrogens with one attached hydrogen (secondary N) is 2. The number of carboxylic acid groups (broad SMARTS) is 2. The van der Waals surface area contributed by atoms with Crippen LogP contribution in [0.4, 0.5) is 0 Å². The van der Waals surface area contributed by atoms with Crippen LogP contribution < -0.4 is 22.1 Å². The minimum absolute atomic E-state index is 0.131. The van der Waals surface area contributed by atoms with E-state index in [0.717, 1.165) is 4.90 Å². The lowest BCUT2D eigenvalue weighted by Gasteiger charge is -2.28. The van der Waals surface area contributed by atoms with Gasteiger partial charge in [0, 0.05) is 6.54 Å². The van der Waals surface area contributed by atoms with Crippen LogP contribution in [0.1, 0.15) is 32.1 Å². The van der Waals surface area contributed by atoms with Gasteiger partial charge in [-0.25, -0.2) is 4.79 Å². The number of hydrogen-bond acceptors (Lipinski definition) is 8. The molecular formula is C18H29N5O8S. The van der Waals surface area contributed by atoms with Gasteiger partial charge in [0.15, 0.2) is 0 Å². The quantitative estimate of drug-likeness (QED) is 0.164. The lowest BCUT2D eigenvalue weighted by Crippen LogP contribution is -2.57. The highest BCUT2D eigenvalue weighted by atomic mass is 32.2. The topological polar surface area (TPSA) is 222 Å². The summed E-state index contributed by atoms with van der Waals surface area (Å²) in [5, 5.41) is 22.7. The Labute approximate surface area is 188 Å². The normalized spacial score (nSPS) is 18.3. The third-order valence-electron chi connectivity index (χ3n) is 4.81. The Bertz CT molecular complexity index is 749. The van der Waals surface area contributed by atoms with E-state index in [4.69, 9.17) is 16.6 Å². The number of primary amides is 1. The SMILES string of the molecule is CSCCC(NC(=O)C(CC(N)=O)NC(=O)C1CCCN1C(=O)C(N)CC(=O)O)C(=O)O. The second-order valence-electron chi connectivity index (χ2n) is 7.31. The molecule has 0 radical (unpaired) electrons. The van der Waals surface area contributed by atoms with Gasteiger partial charge in [0.05, 0.1) is 18.9 Å². The highest BCUT2D eigenvalue weighted by Gasteiger charge is 2.38. The second-order valence-corrected chi connectivity index (χ2v) is 8.29. The first-order valence-electron chi connectivity index (χ1n) is 9.86. The molecule has 180 valence electrons. The number of thioether (sulfide) groups is 1. The van der Waals surface area contributed by atoms with Gasteiger partial charge >= 0.3 is 11.9 Å². The predicted octanol–water partition coefficient (Wildman–Crippen LogP) is -2.54. The Morgan fingerprint density at radius 3 is 2.28 bits per heavy atom. The predicted molar refractivity (Wildman–Crippen MR) is 113 cm³/mol. The van der Waals surface area contributed by atoms with Crippen LogP contribution in [-0.4, -0.2) is 93.4 Å². The molecule has 0 aromatic heterocycles. The molecule has 0 bridgehead atoms. The molecule has 1 aliphatic heterocycles. The molecule has 1 rings (SSSR count). The van der Waals surface area contributed by atoms with E-state index in [1.54, 1.807) is 6.26 Å². The number of nitrogens with two attached hydrogens (primary N) is 2. The van der Waals surface area contributed by atoms with Gasteiger partial charge in [0.25, 0.3) is 0 Å². The van der Waals surface area contributed by atoms with Crippen molar-refractivity contribution in [1.29, 1.82) is 0 Å². The number of likely N-dealkylation sites (tertiary alicyclic amines) is 1. The fourth-order valence-corrected chi connectivity index (χ4v) is 3.71. The Balaban J connectivity index is 2.91. The smallest absolute Gasteiger partial charge is 0.326 e. The zero-order valence-corrected chi connectivity index (χ0v) is 18.4. The van der Waals surface area contributed by atoms with Crippen LogP contribution in [0.2, 0.25) is 0 Å². The summed E-state index contributed by atoms with van der Waals surface area (Å²) in [5.74, 6) is -5.34. The lowest BCUT2D eigenvalue weighted by atomic mass is 10.1. The van der Waals surface area contributed by atoms with E-state index in [2.05, 4.69) is 10.6 Å². The molecule has 0 spiro atoms. The molecule has 32 heavy (non-hydrogen) atoms. The van der Waals surface area contributed by atoms with Gasteiger partial charge in [-0.1, -0.05) is 0 Å². The molecule has 1 heterocycles. The molecule has 4 atom stereocenters. The summed E-state index contributed by atoms with van der Waals surface area (Å²) >= 11 is 1.39. The zero-order chi connectivity index (χ0) is 24.4. The van der Waals surface area contributed by atoms with Crippen molar-refractivity contribution in [2.24, 2.45) is 11.5 Å². The summed E-state index contributed by atoms with van der Waals surface area (Å²) in [7, 11) is 0. The van der Waals surface area contributed by atoms with Gasteiger partial charge in [0.2, 0.25) is 23.6 Å². The van der Waals surface area contributed by atoms with Gasteiger partial charge in [-0.15, -0.1) is 0 Å². The second kappa shape index (κ2) is 12.9. The highest BCUT2D eigenvalue weighted by Crippen LogP contribution is 2.19. The Morgan fingerprint density at radius 2 is 1.75 bits per heavy atom. The molecule has 4 amide bonds. The number of carboxylic acids is 2. The minimum Gasteiger partial charge on any atom is -0.481 e. The molecule has 1 saturated heterocycles. The van der Waals surface area contributed by atoms with Gasteiger partial charge in [-0.05, 0) is 31.3 Å². The Kier molecular flexibility index (Phi) is 10.9. The van der Waals surface area contributed by atoms with Crippen molar-refractivity contribution in [2.75, 3.05) is 18.6 Å². The molecule has 8 N–H and O–H groups in total. The molecule has 13 nitrogen and oxygen atoms in total. The summed E-state index contributed by atoms with van der Waals surface area (Å²) in [5.41, 5.74) is 10.8. The van der Waals surface area contributed by atoms with Crippen LogP contribution in [0.3, 0.4) is 0 Å². The average molecular weight is 476 g/mol. The van der Waals surface area contributed by atoms with Crippen molar-refractivity contribution >= 4 is 47.3 Å². The number of nitrogens with zero attached hydrogens (tertiary/aromatic N) is 1. The number of hydrogen-bond donors (Lipinski definition) is 6. The van der Waals surface area contributed by atoms with Crippen molar-refractivity contribution in [3.8, 4) is 0 Å². The summed E-state index contributed by atoms with van der Waals surface area (Å²) in [6.07, 6.45) is 1.41. The fraction of sp³-hybridized carbons (Fsp3) is 0.667. The minimum atomic E-state index is -1.44. The van der Waals surface area contributed by atoms with Gasteiger partial charge in [-0.3, -0.25) is 24.0 Å². The maximum atomic E-state index is 12.8. The van der Waals surface area contributed by atoms with Crippen molar-refractivity contribution in [2.45, 2.75) is 56.3 Å². The van der Waals surface area contributed by atoms with E-state index < -0.39 is 72.6 Å². The van der Waals surface area contributed by atoms with Crippen LogP contribution in [0.5, 0.6) is 0 Å². The number of carbonyl (C=O) groups excluding carboxylic acids is 4. The van der Waals surface area contributed by atoms with Crippen LogP contribution in [0.15, 0.2) is 0 Å². The lowest BCUT2D eigenvalue weighted by molar-refractivity contribution is -0.144. The van der Waals surface area contributed by atoms with Crippen LogP contribution >= 0.6 is 11.8 Å². The van der Waals surface area contributed by atoms with E-state index in [-0.39, 0.29) is 19.4 Å². The number of rotatable bonds is 13. The maximum Gasteiger partial charge on any atom is 0.326 e. The van der Waals surface area contributed by atoms with E-state index in [1.165, 1.54) is 11.8 Å². The molecule has 0 aromatic carbocycles. The highest BCUT2D eigenvalue weighted by molar-refractivity contribution is 7.98. The molecule has 0 aliphatic carbocycles. The number of amides is 4. The third-order valence-corrected chi connectivity index (χ3v) is 5.46. The first kappa shape index (κ1) is 27.2. The van der Waals surface area contributed by atoms with E-state index in [0.29, 0.717) is 12.2 Å². The first-order chi connectivity index (χ1) is 15.0.